The third-order valence-electron chi connectivity index (χ3n) is 3.43. The second-order valence-corrected chi connectivity index (χ2v) is 9.57. The fourth-order valence-electron chi connectivity index (χ4n) is 2.21. The minimum atomic E-state index is -3.34. The van der Waals surface area contributed by atoms with Crippen LogP contribution in [-0.4, -0.2) is 52.7 Å². The van der Waals surface area contributed by atoms with Crippen LogP contribution in [0.25, 0.3) is 0 Å². The number of hydrogen-bond donors (Lipinski definition) is 2. The van der Waals surface area contributed by atoms with Gasteiger partial charge in [0.15, 0.2) is 9.84 Å². The minimum Gasteiger partial charge on any atom is -0.314 e. The van der Waals surface area contributed by atoms with E-state index in [1.54, 1.807) is 0 Å². The van der Waals surface area contributed by atoms with E-state index >= 15 is 0 Å². The highest BCUT2D eigenvalue weighted by atomic mass is 32.2. The number of rotatable bonds is 8. The molecule has 112 valence electrons. The van der Waals surface area contributed by atoms with Crippen molar-refractivity contribution in [1.82, 2.24) is 10.0 Å². The Hall–Kier alpha value is -0.180. The molecular formula is C11H22N2O4S2. The van der Waals surface area contributed by atoms with Crippen molar-refractivity contribution >= 4 is 19.9 Å². The summed E-state index contributed by atoms with van der Waals surface area (Å²) in [5.41, 5.74) is 0. The molecule has 0 amide bonds. The summed E-state index contributed by atoms with van der Waals surface area (Å²) in [5, 5.41) is 3.33. The van der Waals surface area contributed by atoms with E-state index in [4.69, 9.17) is 0 Å². The second kappa shape index (κ2) is 6.07. The van der Waals surface area contributed by atoms with Gasteiger partial charge in [0, 0.05) is 12.1 Å². The summed E-state index contributed by atoms with van der Waals surface area (Å²) >= 11 is 0. The Labute approximate surface area is 115 Å². The van der Waals surface area contributed by atoms with Gasteiger partial charge in [-0.1, -0.05) is 0 Å². The normalized spacial score (nSPS) is 26.6. The molecule has 0 radical (unpaired) electrons. The summed E-state index contributed by atoms with van der Waals surface area (Å²) in [4.78, 5) is 0. The van der Waals surface area contributed by atoms with Gasteiger partial charge in [-0.15, -0.1) is 0 Å². The molecule has 2 fully saturated rings. The monoisotopic (exact) mass is 310 g/mol. The molecular weight excluding hydrogens is 288 g/mol. The molecule has 0 spiro atoms. The molecule has 1 saturated heterocycles. The van der Waals surface area contributed by atoms with Gasteiger partial charge in [-0.05, 0) is 38.6 Å². The molecule has 1 aliphatic heterocycles. The van der Waals surface area contributed by atoms with Crippen molar-refractivity contribution in [3.63, 3.8) is 0 Å². The maximum absolute atomic E-state index is 11.8. The quantitative estimate of drug-likeness (QED) is 0.597. The number of unbranched alkanes of at least 4 members (excludes halogenated alkanes) is 1. The van der Waals surface area contributed by atoms with E-state index in [9.17, 15) is 16.8 Å². The zero-order valence-corrected chi connectivity index (χ0v) is 12.6. The molecule has 2 rings (SSSR count). The number of sulfone groups is 1. The van der Waals surface area contributed by atoms with Crippen molar-refractivity contribution in [2.45, 2.75) is 44.2 Å². The first-order valence-corrected chi connectivity index (χ1v) is 10.3. The van der Waals surface area contributed by atoms with Crippen molar-refractivity contribution in [1.29, 1.82) is 0 Å². The molecule has 1 saturated carbocycles. The van der Waals surface area contributed by atoms with Gasteiger partial charge in [-0.3, -0.25) is 0 Å². The minimum absolute atomic E-state index is 0.0601. The fraction of sp³-hybridized carbons (Fsp3) is 1.00. The highest BCUT2D eigenvalue weighted by Gasteiger charge is 2.30. The Morgan fingerprint density at radius 1 is 1.05 bits per heavy atom. The lowest BCUT2D eigenvalue weighted by Crippen LogP contribution is -2.37. The maximum atomic E-state index is 11.8. The van der Waals surface area contributed by atoms with Gasteiger partial charge < -0.3 is 5.32 Å². The van der Waals surface area contributed by atoms with Crippen LogP contribution in [0.1, 0.15) is 32.1 Å². The van der Waals surface area contributed by atoms with Crippen LogP contribution in [0.4, 0.5) is 0 Å². The van der Waals surface area contributed by atoms with E-state index in [0.717, 1.165) is 13.0 Å². The summed E-state index contributed by atoms with van der Waals surface area (Å²) in [7, 11) is -6.38. The average Bonchev–Trinajstić information content (AvgIpc) is 3.03. The smallest absolute Gasteiger partial charge is 0.211 e. The molecule has 1 heterocycles. The Bertz CT molecular complexity index is 497. The Kier molecular flexibility index (Phi) is 4.86. The molecule has 0 aromatic rings. The van der Waals surface area contributed by atoms with E-state index in [1.165, 1.54) is 12.8 Å². The van der Waals surface area contributed by atoms with Crippen LogP contribution in [0.2, 0.25) is 0 Å². The Balaban J connectivity index is 1.63. The van der Waals surface area contributed by atoms with Crippen LogP contribution < -0.4 is 10.0 Å². The highest BCUT2D eigenvalue weighted by Crippen LogP contribution is 2.18. The summed E-state index contributed by atoms with van der Waals surface area (Å²) in [6.45, 7) is 0.859. The molecule has 19 heavy (non-hydrogen) atoms. The van der Waals surface area contributed by atoms with E-state index in [1.807, 2.05) is 0 Å². The topological polar surface area (TPSA) is 92.3 Å². The first kappa shape index (κ1) is 15.2. The first-order valence-electron chi connectivity index (χ1n) is 6.80. The van der Waals surface area contributed by atoms with E-state index in [-0.39, 0.29) is 17.3 Å². The largest absolute Gasteiger partial charge is 0.314 e. The molecule has 0 aromatic heterocycles. The zero-order valence-electron chi connectivity index (χ0n) is 11.0. The SMILES string of the molecule is O=S1(=O)CCC(NS(=O)(=O)CCCCNC2CC2)C1. The summed E-state index contributed by atoms with van der Waals surface area (Å²) in [5.74, 6) is 0.108. The van der Waals surface area contributed by atoms with Crippen LogP contribution in [0.5, 0.6) is 0 Å². The number of sulfonamides is 1. The Morgan fingerprint density at radius 2 is 1.79 bits per heavy atom. The van der Waals surface area contributed by atoms with Crippen LogP contribution in [-0.2, 0) is 19.9 Å². The molecule has 0 bridgehead atoms. The average molecular weight is 310 g/mol. The summed E-state index contributed by atoms with van der Waals surface area (Å²) in [6, 6.07) is 0.220. The Morgan fingerprint density at radius 3 is 2.37 bits per heavy atom. The maximum Gasteiger partial charge on any atom is 0.211 e. The van der Waals surface area contributed by atoms with Crippen molar-refractivity contribution < 1.29 is 16.8 Å². The molecule has 0 aromatic carbocycles. The predicted molar refractivity (Wildman–Crippen MR) is 74.2 cm³/mol. The van der Waals surface area contributed by atoms with Crippen molar-refractivity contribution in [2.24, 2.45) is 0 Å². The molecule has 2 N–H and O–H groups in total. The van der Waals surface area contributed by atoms with Crippen molar-refractivity contribution in [3.8, 4) is 0 Å². The van der Waals surface area contributed by atoms with Gasteiger partial charge in [-0.25, -0.2) is 21.6 Å². The fourth-order valence-corrected chi connectivity index (χ4v) is 5.40. The van der Waals surface area contributed by atoms with Gasteiger partial charge in [0.05, 0.1) is 17.3 Å². The van der Waals surface area contributed by atoms with E-state index in [2.05, 4.69) is 10.0 Å². The van der Waals surface area contributed by atoms with Gasteiger partial charge in [0.25, 0.3) is 0 Å². The van der Waals surface area contributed by atoms with Crippen LogP contribution in [0, 0.1) is 0 Å². The van der Waals surface area contributed by atoms with E-state index < -0.39 is 25.9 Å². The van der Waals surface area contributed by atoms with Crippen molar-refractivity contribution in [2.75, 3.05) is 23.8 Å². The molecule has 1 aliphatic carbocycles. The van der Waals surface area contributed by atoms with Gasteiger partial charge in [0.1, 0.15) is 0 Å². The number of nitrogens with one attached hydrogen (secondary N) is 2. The van der Waals surface area contributed by atoms with E-state index in [0.29, 0.717) is 18.9 Å². The molecule has 1 unspecified atom stereocenters. The lowest BCUT2D eigenvalue weighted by Gasteiger charge is -2.11. The summed E-state index contributed by atoms with van der Waals surface area (Å²) in [6.07, 6.45) is 4.30. The second-order valence-electron chi connectivity index (χ2n) is 5.47. The number of hydrogen-bond acceptors (Lipinski definition) is 5. The third-order valence-corrected chi connectivity index (χ3v) is 6.72. The van der Waals surface area contributed by atoms with Crippen LogP contribution >= 0.6 is 0 Å². The highest BCUT2D eigenvalue weighted by molar-refractivity contribution is 7.92. The molecule has 1 atom stereocenters. The standard InChI is InChI=1S/C11H22N2O4S2/c14-18(15)8-5-11(9-18)13-19(16,17)7-2-1-6-12-10-3-4-10/h10-13H,1-9H2. The first-order chi connectivity index (χ1) is 8.86. The molecule has 8 heteroatoms. The molecule has 6 nitrogen and oxygen atoms in total. The lowest BCUT2D eigenvalue weighted by molar-refractivity contribution is 0.556. The van der Waals surface area contributed by atoms with Crippen LogP contribution in [0.15, 0.2) is 0 Å². The summed E-state index contributed by atoms with van der Waals surface area (Å²) < 4.78 is 48.6. The lowest BCUT2D eigenvalue weighted by atomic mass is 10.3. The zero-order chi connectivity index (χ0) is 13.9. The van der Waals surface area contributed by atoms with Crippen LogP contribution in [0.3, 0.4) is 0 Å². The van der Waals surface area contributed by atoms with Gasteiger partial charge >= 0.3 is 0 Å². The van der Waals surface area contributed by atoms with Crippen molar-refractivity contribution in [3.05, 3.63) is 0 Å². The predicted octanol–water partition coefficient (Wildman–Crippen LogP) is -0.375. The van der Waals surface area contributed by atoms with Gasteiger partial charge in [0.2, 0.25) is 10.0 Å². The third kappa shape index (κ3) is 5.76. The van der Waals surface area contributed by atoms with Gasteiger partial charge in [-0.2, -0.15) is 0 Å². The molecule has 2 aliphatic rings.